The van der Waals surface area contributed by atoms with E-state index in [1.807, 2.05) is 6.92 Å². The van der Waals surface area contributed by atoms with Gasteiger partial charge in [0.25, 0.3) is 0 Å². The molecular weight excluding hydrogens is 152 g/mol. The minimum atomic E-state index is 0.466. The first-order chi connectivity index (χ1) is 4.84. The minimum absolute atomic E-state index is 0.466. The summed E-state index contributed by atoms with van der Waals surface area (Å²) in [7, 11) is 0. The van der Waals surface area contributed by atoms with Crippen molar-refractivity contribution in [3.05, 3.63) is 17.7 Å². The van der Waals surface area contributed by atoms with Gasteiger partial charge in [-0.25, -0.2) is 4.98 Å². The van der Waals surface area contributed by atoms with Crippen molar-refractivity contribution in [2.45, 2.75) is 13.7 Å². The molecule has 0 aliphatic rings. The first-order valence-electron chi connectivity index (χ1n) is 3.09. The summed E-state index contributed by atoms with van der Waals surface area (Å²) >= 11 is 5.65. The van der Waals surface area contributed by atoms with Gasteiger partial charge in [-0.15, -0.1) is 0 Å². The Morgan fingerprint density at radius 2 is 2.60 bits per heavy atom. The molecule has 1 heterocycles. The molecule has 0 amide bonds. The normalized spacial score (nSPS) is 10.2. The summed E-state index contributed by atoms with van der Waals surface area (Å²) in [5.74, 6) is 0. The van der Waals surface area contributed by atoms with Gasteiger partial charge < -0.3 is 4.74 Å². The molecule has 1 rings (SSSR count). The maximum atomic E-state index is 5.65. The van der Waals surface area contributed by atoms with E-state index in [-0.39, 0.29) is 0 Å². The predicted molar refractivity (Wildman–Crippen MR) is 38.9 cm³/mol. The Hall–Kier alpha value is -0.540. The van der Waals surface area contributed by atoms with Crippen LogP contribution in [0.4, 0.5) is 0 Å². The van der Waals surface area contributed by atoms with E-state index in [0.717, 1.165) is 0 Å². The van der Waals surface area contributed by atoms with Crippen molar-refractivity contribution in [1.82, 2.24) is 9.55 Å². The maximum absolute atomic E-state index is 5.65. The van der Waals surface area contributed by atoms with Crippen LogP contribution in [0, 0.1) is 0 Å². The number of aromatic nitrogens is 2. The van der Waals surface area contributed by atoms with Gasteiger partial charge in [0.15, 0.2) is 0 Å². The van der Waals surface area contributed by atoms with Crippen molar-refractivity contribution in [3.63, 3.8) is 0 Å². The van der Waals surface area contributed by atoms with Crippen LogP contribution in [0.1, 0.15) is 6.92 Å². The minimum Gasteiger partial charge on any atom is -0.361 e. The average molecular weight is 161 g/mol. The first kappa shape index (κ1) is 7.57. The number of hydrogen-bond donors (Lipinski definition) is 0. The molecule has 0 bridgehead atoms. The lowest BCUT2D eigenvalue weighted by molar-refractivity contribution is 0.0880. The molecule has 1 aromatic heterocycles. The summed E-state index contributed by atoms with van der Waals surface area (Å²) < 4.78 is 6.82. The lowest BCUT2D eigenvalue weighted by Crippen LogP contribution is -2.00. The highest BCUT2D eigenvalue weighted by molar-refractivity contribution is 6.28. The highest BCUT2D eigenvalue weighted by Crippen LogP contribution is 2.03. The highest BCUT2D eigenvalue weighted by atomic mass is 35.5. The monoisotopic (exact) mass is 160 g/mol. The van der Waals surface area contributed by atoms with E-state index >= 15 is 0 Å². The Bertz CT molecular complexity index is 199. The molecule has 0 aliphatic carbocycles. The zero-order valence-electron chi connectivity index (χ0n) is 5.75. The van der Waals surface area contributed by atoms with Crippen molar-refractivity contribution >= 4 is 11.6 Å². The van der Waals surface area contributed by atoms with Gasteiger partial charge in [0.2, 0.25) is 5.28 Å². The zero-order valence-corrected chi connectivity index (χ0v) is 6.51. The number of halogens is 1. The largest absolute Gasteiger partial charge is 0.361 e. The number of ether oxygens (including phenoxy) is 1. The molecule has 0 N–H and O–H groups in total. The SMILES string of the molecule is CCOCn1ccnc1Cl. The lowest BCUT2D eigenvalue weighted by atomic mass is 10.8. The van der Waals surface area contributed by atoms with Gasteiger partial charge in [-0.05, 0) is 18.5 Å². The predicted octanol–water partition coefficient (Wildman–Crippen LogP) is 1.53. The molecule has 0 aliphatic heterocycles. The molecule has 56 valence electrons. The summed E-state index contributed by atoms with van der Waals surface area (Å²) in [5.41, 5.74) is 0. The van der Waals surface area contributed by atoms with Crippen LogP contribution in [0.2, 0.25) is 5.28 Å². The van der Waals surface area contributed by atoms with Gasteiger partial charge in [-0.3, -0.25) is 4.57 Å². The fourth-order valence-corrected chi connectivity index (χ4v) is 0.758. The van der Waals surface area contributed by atoms with Gasteiger partial charge in [0, 0.05) is 19.0 Å². The van der Waals surface area contributed by atoms with E-state index in [1.54, 1.807) is 17.0 Å². The van der Waals surface area contributed by atoms with Crippen LogP contribution in [0.15, 0.2) is 12.4 Å². The number of nitrogens with zero attached hydrogens (tertiary/aromatic N) is 2. The van der Waals surface area contributed by atoms with Crippen LogP contribution in [0.3, 0.4) is 0 Å². The Morgan fingerprint density at radius 3 is 3.10 bits per heavy atom. The fraction of sp³-hybridized carbons (Fsp3) is 0.500. The molecule has 0 atom stereocenters. The second-order valence-corrected chi connectivity index (χ2v) is 2.13. The molecule has 4 heteroatoms. The van der Waals surface area contributed by atoms with Crippen LogP contribution in [-0.2, 0) is 11.5 Å². The van der Waals surface area contributed by atoms with Crippen LogP contribution >= 0.6 is 11.6 Å². The third-order valence-electron chi connectivity index (χ3n) is 1.10. The van der Waals surface area contributed by atoms with Crippen LogP contribution in [0.25, 0.3) is 0 Å². The average Bonchev–Trinajstić information content (AvgIpc) is 2.31. The quantitative estimate of drug-likeness (QED) is 0.671. The summed E-state index contributed by atoms with van der Waals surface area (Å²) in [6.45, 7) is 3.11. The number of hydrogen-bond acceptors (Lipinski definition) is 2. The van der Waals surface area contributed by atoms with Crippen molar-refractivity contribution in [1.29, 1.82) is 0 Å². The Kier molecular flexibility index (Phi) is 2.71. The Balaban J connectivity index is 2.49. The molecular formula is C6H9ClN2O. The Labute approximate surface area is 64.6 Å². The molecule has 10 heavy (non-hydrogen) atoms. The van der Waals surface area contributed by atoms with Crippen molar-refractivity contribution in [2.75, 3.05) is 6.61 Å². The maximum Gasteiger partial charge on any atom is 0.204 e. The topological polar surface area (TPSA) is 27.1 Å². The second kappa shape index (κ2) is 3.58. The third kappa shape index (κ3) is 1.72. The molecule has 0 aromatic carbocycles. The molecule has 0 fully saturated rings. The molecule has 3 nitrogen and oxygen atoms in total. The van der Waals surface area contributed by atoms with Gasteiger partial charge in [-0.1, -0.05) is 0 Å². The smallest absolute Gasteiger partial charge is 0.204 e. The molecule has 0 saturated heterocycles. The molecule has 1 aromatic rings. The van der Waals surface area contributed by atoms with Crippen molar-refractivity contribution in [3.8, 4) is 0 Å². The first-order valence-corrected chi connectivity index (χ1v) is 3.46. The Morgan fingerprint density at radius 1 is 1.80 bits per heavy atom. The van der Waals surface area contributed by atoms with E-state index in [0.29, 0.717) is 18.6 Å². The lowest BCUT2D eigenvalue weighted by Gasteiger charge is -2.01. The molecule has 0 unspecified atom stereocenters. The number of rotatable bonds is 3. The number of imidazole rings is 1. The third-order valence-corrected chi connectivity index (χ3v) is 1.41. The van der Waals surface area contributed by atoms with Gasteiger partial charge in [0.1, 0.15) is 6.73 Å². The standard InChI is InChI=1S/C6H9ClN2O/c1-2-10-5-9-4-3-8-6(9)7/h3-4H,2,5H2,1H3. The fourth-order valence-electron chi connectivity index (χ4n) is 0.597. The summed E-state index contributed by atoms with van der Waals surface area (Å²) in [6.07, 6.45) is 3.42. The van der Waals surface area contributed by atoms with Gasteiger partial charge in [0.05, 0.1) is 0 Å². The molecule has 0 spiro atoms. The van der Waals surface area contributed by atoms with Crippen molar-refractivity contribution < 1.29 is 4.74 Å². The van der Waals surface area contributed by atoms with E-state index in [9.17, 15) is 0 Å². The summed E-state index contributed by atoms with van der Waals surface area (Å²) in [5, 5.41) is 0.466. The molecule has 0 saturated carbocycles. The highest BCUT2D eigenvalue weighted by Gasteiger charge is 1.95. The van der Waals surface area contributed by atoms with Crippen molar-refractivity contribution in [2.24, 2.45) is 0 Å². The van der Waals surface area contributed by atoms with E-state index < -0.39 is 0 Å². The van der Waals surface area contributed by atoms with Crippen LogP contribution in [-0.4, -0.2) is 16.2 Å². The van der Waals surface area contributed by atoms with Gasteiger partial charge >= 0.3 is 0 Å². The van der Waals surface area contributed by atoms with E-state index in [2.05, 4.69) is 4.98 Å². The summed E-state index contributed by atoms with van der Waals surface area (Å²) in [4.78, 5) is 3.82. The van der Waals surface area contributed by atoms with Crippen LogP contribution in [0.5, 0.6) is 0 Å². The van der Waals surface area contributed by atoms with E-state index in [4.69, 9.17) is 16.3 Å². The molecule has 0 radical (unpaired) electrons. The summed E-state index contributed by atoms with van der Waals surface area (Å²) in [6, 6.07) is 0. The second-order valence-electron chi connectivity index (χ2n) is 1.79. The van der Waals surface area contributed by atoms with E-state index in [1.165, 1.54) is 0 Å². The zero-order chi connectivity index (χ0) is 7.40. The van der Waals surface area contributed by atoms with Gasteiger partial charge in [-0.2, -0.15) is 0 Å². The van der Waals surface area contributed by atoms with Crippen LogP contribution < -0.4 is 0 Å².